The maximum atomic E-state index is 10.1. The molecule has 0 amide bonds. The van der Waals surface area contributed by atoms with Crippen LogP contribution in [-0.2, 0) is 11.3 Å². The van der Waals surface area contributed by atoms with Crippen LogP contribution in [0.1, 0.15) is 12.8 Å². The highest BCUT2D eigenvalue weighted by molar-refractivity contribution is 5.74. The average Bonchev–Trinajstić information content (AvgIpc) is 2.93. The standard InChI is InChI=1S/C13H16N2O3/c16-12-5-8-18-13(12,17)6-7-15-9-14-10-3-1-2-4-11(10)15/h1-4,9,12,16-17H,5-8H2/t12?,13-/m1/s1. The van der Waals surface area contributed by atoms with Crippen molar-refractivity contribution < 1.29 is 14.9 Å². The SMILES string of the molecule is OC1CCO[C@]1(O)CCn1cnc2ccccc21. The fourth-order valence-corrected chi connectivity index (χ4v) is 2.38. The predicted octanol–water partition coefficient (Wildman–Crippen LogP) is 0.896. The molecule has 18 heavy (non-hydrogen) atoms. The van der Waals surface area contributed by atoms with Crippen molar-refractivity contribution in [2.75, 3.05) is 6.61 Å². The Hall–Kier alpha value is -1.43. The molecule has 2 atom stereocenters. The van der Waals surface area contributed by atoms with E-state index < -0.39 is 11.9 Å². The fourth-order valence-electron chi connectivity index (χ4n) is 2.38. The first-order chi connectivity index (χ1) is 8.69. The molecule has 0 radical (unpaired) electrons. The summed E-state index contributed by atoms with van der Waals surface area (Å²) in [5.41, 5.74) is 1.95. The third kappa shape index (κ3) is 1.90. The monoisotopic (exact) mass is 248 g/mol. The molecule has 0 saturated carbocycles. The minimum absolute atomic E-state index is 0.356. The van der Waals surface area contributed by atoms with E-state index >= 15 is 0 Å². The Morgan fingerprint density at radius 1 is 1.44 bits per heavy atom. The molecule has 1 aromatic heterocycles. The Morgan fingerprint density at radius 3 is 3.06 bits per heavy atom. The van der Waals surface area contributed by atoms with Crippen LogP contribution in [0.5, 0.6) is 0 Å². The molecule has 5 nitrogen and oxygen atoms in total. The van der Waals surface area contributed by atoms with E-state index in [9.17, 15) is 10.2 Å². The normalized spacial score (nSPS) is 28.0. The van der Waals surface area contributed by atoms with Crippen LogP contribution < -0.4 is 0 Å². The number of hydrogen-bond acceptors (Lipinski definition) is 4. The van der Waals surface area contributed by atoms with E-state index in [-0.39, 0.29) is 0 Å². The van der Waals surface area contributed by atoms with Crippen LogP contribution in [0, 0.1) is 0 Å². The number of aryl methyl sites for hydroxylation is 1. The molecule has 1 aromatic carbocycles. The van der Waals surface area contributed by atoms with Crippen molar-refractivity contribution in [2.45, 2.75) is 31.3 Å². The van der Waals surface area contributed by atoms with Gasteiger partial charge in [-0.05, 0) is 12.1 Å². The molecule has 2 heterocycles. The summed E-state index contributed by atoms with van der Waals surface area (Å²) in [7, 11) is 0. The molecule has 1 aliphatic heterocycles. The number of fused-ring (bicyclic) bond motifs is 1. The van der Waals surface area contributed by atoms with Gasteiger partial charge in [-0.1, -0.05) is 12.1 Å². The minimum Gasteiger partial charge on any atom is -0.387 e. The van der Waals surface area contributed by atoms with Crippen molar-refractivity contribution in [3.8, 4) is 0 Å². The number of rotatable bonds is 3. The molecule has 0 spiro atoms. The average molecular weight is 248 g/mol. The topological polar surface area (TPSA) is 67.5 Å². The highest BCUT2D eigenvalue weighted by atomic mass is 16.6. The van der Waals surface area contributed by atoms with Crippen LogP contribution >= 0.6 is 0 Å². The lowest BCUT2D eigenvalue weighted by atomic mass is 10.1. The van der Waals surface area contributed by atoms with Gasteiger partial charge in [0.1, 0.15) is 6.10 Å². The van der Waals surface area contributed by atoms with Gasteiger partial charge in [0.25, 0.3) is 0 Å². The van der Waals surface area contributed by atoms with Crippen LogP contribution in [0.4, 0.5) is 0 Å². The summed E-state index contributed by atoms with van der Waals surface area (Å²) in [5, 5.41) is 19.8. The molecular weight excluding hydrogens is 232 g/mol. The Bertz CT molecular complexity index is 554. The number of benzene rings is 1. The van der Waals surface area contributed by atoms with E-state index in [0.29, 0.717) is 26.0 Å². The summed E-state index contributed by atoms with van der Waals surface area (Å²) in [6, 6.07) is 7.83. The highest BCUT2D eigenvalue weighted by Gasteiger charge is 2.41. The third-order valence-electron chi connectivity index (χ3n) is 3.50. The Kier molecular flexibility index (Phi) is 2.81. The van der Waals surface area contributed by atoms with Crippen molar-refractivity contribution >= 4 is 11.0 Å². The van der Waals surface area contributed by atoms with E-state index in [4.69, 9.17) is 4.74 Å². The predicted molar refractivity (Wildman–Crippen MR) is 65.9 cm³/mol. The highest BCUT2D eigenvalue weighted by Crippen LogP contribution is 2.27. The summed E-state index contributed by atoms with van der Waals surface area (Å²) in [6.45, 7) is 0.969. The van der Waals surface area contributed by atoms with Crippen molar-refractivity contribution in [3.63, 3.8) is 0 Å². The molecule has 96 valence electrons. The molecule has 1 saturated heterocycles. The molecule has 0 bridgehead atoms. The smallest absolute Gasteiger partial charge is 0.193 e. The Balaban J connectivity index is 1.77. The van der Waals surface area contributed by atoms with Gasteiger partial charge in [-0.25, -0.2) is 4.98 Å². The van der Waals surface area contributed by atoms with Crippen LogP contribution in [0.2, 0.25) is 0 Å². The quantitative estimate of drug-likeness (QED) is 0.846. The van der Waals surface area contributed by atoms with Crippen molar-refractivity contribution in [2.24, 2.45) is 0 Å². The fraction of sp³-hybridized carbons (Fsp3) is 0.462. The van der Waals surface area contributed by atoms with Crippen LogP contribution in [0.3, 0.4) is 0 Å². The van der Waals surface area contributed by atoms with Crippen LogP contribution in [0.25, 0.3) is 11.0 Å². The number of aromatic nitrogens is 2. The Labute approximate surface area is 105 Å². The maximum absolute atomic E-state index is 10.1. The maximum Gasteiger partial charge on any atom is 0.193 e. The zero-order valence-corrected chi connectivity index (χ0v) is 9.99. The van der Waals surface area contributed by atoms with Crippen LogP contribution in [-0.4, -0.2) is 38.3 Å². The lowest BCUT2D eigenvalue weighted by Gasteiger charge is -2.25. The first-order valence-corrected chi connectivity index (χ1v) is 6.13. The van der Waals surface area contributed by atoms with E-state index in [0.717, 1.165) is 11.0 Å². The molecule has 5 heteroatoms. The second-order valence-corrected chi connectivity index (χ2v) is 4.67. The molecule has 2 aromatic rings. The van der Waals surface area contributed by atoms with Gasteiger partial charge >= 0.3 is 0 Å². The Morgan fingerprint density at radius 2 is 2.28 bits per heavy atom. The summed E-state index contributed by atoms with van der Waals surface area (Å²) in [5.74, 6) is -1.41. The molecule has 2 N–H and O–H groups in total. The largest absolute Gasteiger partial charge is 0.387 e. The lowest BCUT2D eigenvalue weighted by molar-refractivity contribution is -0.217. The number of nitrogens with zero attached hydrogens (tertiary/aromatic N) is 2. The number of aliphatic hydroxyl groups excluding tert-OH is 1. The number of imidazole rings is 1. The molecule has 1 aliphatic rings. The summed E-state index contributed by atoms with van der Waals surface area (Å²) in [4.78, 5) is 4.28. The summed E-state index contributed by atoms with van der Waals surface area (Å²) < 4.78 is 7.19. The molecular formula is C13H16N2O3. The first kappa shape index (κ1) is 11.6. The van der Waals surface area contributed by atoms with Crippen LogP contribution in [0.15, 0.2) is 30.6 Å². The van der Waals surface area contributed by atoms with Crippen molar-refractivity contribution in [1.29, 1.82) is 0 Å². The van der Waals surface area contributed by atoms with E-state index in [1.54, 1.807) is 6.33 Å². The zero-order chi connectivity index (χ0) is 12.6. The van der Waals surface area contributed by atoms with E-state index in [2.05, 4.69) is 4.98 Å². The van der Waals surface area contributed by atoms with Crippen molar-refractivity contribution in [3.05, 3.63) is 30.6 Å². The second-order valence-electron chi connectivity index (χ2n) is 4.67. The third-order valence-corrected chi connectivity index (χ3v) is 3.50. The van der Waals surface area contributed by atoms with Gasteiger partial charge in [-0.15, -0.1) is 0 Å². The zero-order valence-electron chi connectivity index (χ0n) is 9.99. The number of para-hydroxylation sites is 2. The van der Waals surface area contributed by atoms with Gasteiger partial charge < -0.3 is 19.5 Å². The van der Waals surface area contributed by atoms with Gasteiger partial charge in [0, 0.05) is 19.4 Å². The molecule has 1 fully saturated rings. The summed E-state index contributed by atoms with van der Waals surface area (Å²) >= 11 is 0. The van der Waals surface area contributed by atoms with Gasteiger partial charge in [0.15, 0.2) is 5.79 Å². The summed E-state index contributed by atoms with van der Waals surface area (Å²) in [6.07, 6.45) is 1.79. The first-order valence-electron chi connectivity index (χ1n) is 6.13. The number of hydrogen-bond donors (Lipinski definition) is 2. The van der Waals surface area contributed by atoms with Gasteiger partial charge in [0.2, 0.25) is 0 Å². The van der Waals surface area contributed by atoms with Gasteiger partial charge in [-0.2, -0.15) is 0 Å². The second kappa shape index (κ2) is 4.35. The van der Waals surface area contributed by atoms with Gasteiger partial charge in [0.05, 0.1) is 24.0 Å². The number of ether oxygens (including phenoxy) is 1. The van der Waals surface area contributed by atoms with E-state index in [1.807, 2.05) is 28.8 Å². The minimum atomic E-state index is -1.41. The lowest BCUT2D eigenvalue weighted by Crippen LogP contribution is -2.39. The van der Waals surface area contributed by atoms with E-state index in [1.165, 1.54) is 0 Å². The molecule has 1 unspecified atom stereocenters. The molecule has 3 rings (SSSR count). The van der Waals surface area contributed by atoms with Gasteiger partial charge in [-0.3, -0.25) is 0 Å². The number of aliphatic hydroxyl groups is 2. The molecule has 0 aliphatic carbocycles. The van der Waals surface area contributed by atoms with Crippen molar-refractivity contribution in [1.82, 2.24) is 9.55 Å².